The minimum Gasteiger partial charge on any atom is -0.490 e. The molecule has 0 bridgehead atoms. The maximum absolute atomic E-state index is 13.1. The average Bonchev–Trinajstić information content (AvgIpc) is 2.55. The van der Waals surface area contributed by atoms with Gasteiger partial charge in [0.15, 0.2) is 0 Å². The van der Waals surface area contributed by atoms with Gasteiger partial charge in [-0.1, -0.05) is 0 Å². The average molecular weight is 287 g/mol. The van der Waals surface area contributed by atoms with Crippen LogP contribution in [0.2, 0.25) is 0 Å². The van der Waals surface area contributed by atoms with Crippen molar-refractivity contribution in [3.8, 4) is 5.75 Å². The first-order chi connectivity index (χ1) is 10.3. The Bertz CT molecular complexity index is 561. The molecule has 1 N–H and O–H groups in total. The number of halogens is 1. The van der Waals surface area contributed by atoms with Crippen LogP contribution in [0.25, 0.3) is 0 Å². The van der Waals surface area contributed by atoms with Gasteiger partial charge in [-0.15, -0.1) is 0 Å². The van der Waals surface area contributed by atoms with Gasteiger partial charge >= 0.3 is 0 Å². The van der Waals surface area contributed by atoms with Crippen LogP contribution < -0.4 is 15.0 Å². The Morgan fingerprint density at radius 3 is 2.90 bits per heavy atom. The molecule has 5 heteroatoms. The molecular formula is C16H18FN3O. The van der Waals surface area contributed by atoms with Crippen molar-refractivity contribution < 1.29 is 9.13 Å². The van der Waals surface area contributed by atoms with Gasteiger partial charge in [0.2, 0.25) is 0 Å². The summed E-state index contributed by atoms with van der Waals surface area (Å²) in [6, 6.07) is 10.6. The number of hydrogen-bond acceptors (Lipinski definition) is 4. The molecule has 0 amide bonds. The summed E-state index contributed by atoms with van der Waals surface area (Å²) in [7, 11) is 0. The van der Waals surface area contributed by atoms with Crippen LogP contribution in [0.3, 0.4) is 0 Å². The van der Waals surface area contributed by atoms with Crippen molar-refractivity contribution in [1.29, 1.82) is 0 Å². The number of nitrogens with zero attached hydrogens (tertiary/aromatic N) is 2. The third-order valence-corrected chi connectivity index (χ3v) is 3.59. The Kier molecular flexibility index (Phi) is 4.31. The number of rotatable bonds is 4. The minimum atomic E-state index is -0.211. The Morgan fingerprint density at radius 1 is 1.29 bits per heavy atom. The van der Waals surface area contributed by atoms with Crippen LogP contribution in [0.5, 0.6) is 5.75 Å². The Balaban J connectivity index is 1.68. The second-order valence-electron chi connectivity index (χ2n) is 5.03. The summed E-state index contributed by atoms with van der Waals surface area (Å²) in [6.07, 6.45) is 3.43. The molecule has 21 heavy (non-hydrogen) atoms. The third kappa shape index (κ3) is 3.49. The lowest BCUT2D eigenvalue weighted by atomic mass is 10.1. The van der Waals surface area contributed by atoms with Crippen molar-refractivity contribution in [1.82, 2.24) is 10.3 Å². The highest BCUT2D eigenvalue weighted by Gasteiger charge is 2.23. The zero-order chi connectivity index (χ0) is 14.5. The molecule has 4 nitrogen and oxygen atoms in total. The summed E-state index contributed by atoms with van der Waals surface area (Å²) < 4.78 is 18.9. The standard InChI is InChI=1S/C16H18FN3O/c17-13-3-5-14(6-4-13)20-9-8-19-10-15(20)12-21-16-2-1-7-18-11-16/h1-7,11,15,19H,8-10,12H2. The molecule has 1 saturated heterocycles. The summed E-state index contributed by atoms with van der Waals surface area (Å²) in [4.78, 5) is 6.30. The van der Waals surface area contributed by atoms with E-state index in [2.05, 4.69) is 15.2 Å². The molecule has 1 atom stereocenters. The highest BCUT2D eigenvalue weighted by atomic mass is 19.1. The van der Waals surface area contributed by atoms with Gasteiger partial charge in [-0.3, -0.25) is 4.98 Å². The number of anilines is 1. The summed E-state index contributed by atoms with van der Waals surface area (Å²) in [6.45, 7) is 3.21. The number of benzene rings is 1. The number of nitrogens with one attached hydrogen (secondary N) is 1. The van der Waals surface area contributed by atoms with Crippen molar-refractivity contribution in [2.75, 3.05) is 31.1 Å². The van der Waals surface area contributed by atoms with Gasteiger partial charge in [-0.25, -0.2) is 4.39 Å². The first kappa shape index (κ1) is 13.8. The van der Waals surface area contributed by atoms with Crippen molar-refractivity contribution in [3.63, 3.8) is 0 Å². The first-order valence-electron chi connectivity index (χ1n) is 7.09. The molecule has 0 spiro atoms. The SMILES string of the molecule is Fc1ccc(N2CCNCC2COc2cccnc2)cc1. The molecule has 0 aliphatic carbocycles. The molecule has 1 aliphatic rings. The molecule has 2 heterocycles. The fourth-order valence-corrected chi connectivity index (χ4v) is 2.51. The predicted molar refractivity (Wildman–Crippen MR) is 80.1 cm³/mol. The van der Waals surface area contributed by atoms with E-state index >= 15 is 0 Å². The lowest BCUT2D eigenvalue weighted by Gasteiger charge is -2.37. The van der Waals surface area contributed by atoms with E-state index in [0.717, 1.165) is 31.1 Å². The second kappa shape index (κ2) is 6.54. The molecule has 0 radical (unpaired) electrons. The number of ether oxygens (including phenoxy) is 1. The highest BCUT2D eigenvalue weighted by molar-refractivity contribution is 5.48. The first-order valence-corrected chi connectivity index (χ1v) is 7.09. The molecule has 3 rings (SSSR count). The number of piperazine rings is 1. The van der Waals surface area contributed by atoms with Crippen molar-refractivity contribution in [2.45, 2.75) is 6.04 Å². The number of pyridine rings is 1. The molecule has 1 aliphatic heterocycles. The van der Waals surface area contributed by atoms with E-state index < -0.39 is 0 Å². The van der Waals surface area contributed by atoms with E-state index in [1.807, 2.05) is 24.3 Å². The third-order valence-electron chi connectivity index (χ3n) is 3.59. The molecular weight excluding hydrogens is 269 g/mol. The van der Waals surface area contributed by atoms with E-state index in [9.17, 15) is 4.39 Å². The lowest BCUT2D eigenvalue weighted by molar-refractivity contribution is 0.266. The zero-order valence-electron chi connectivity index (χ0n) is 11.7. The number of hydrogen-bond donors (Lipinski definition) is 1. The topological polar surface area (TPSA) is 37.4 Å². The molecule has 2 aromatic rings. The fourth-order valence-electron chi connectivity index (χ4n) is 2.51. The van der Waals surface area contributed by atoms with Gasteiger partial charge in [0.05, 0.1) is 12.2 Å². The quantitative estimate of drug-likeness (QED) is 0.934. The Hall–Kier alpha value is -2.14. The second-order valence-corrected chi connectivity index (χ2v) is 5.03. The van der Waals surface area contributed by atoms with Gasteiger partial charge in [0.25, 0.3) is 0 Å². The summed E-state index contributed by atoms with van der Waals surface area (Å²) >= 11 is 0. The van der Waals surface area contributed by atoms with Crippen LogP contribution in [0.1, 0.15) is 0 Å². The summed E-state index contributed by atoms with van der Waals surface area (Å²) in [5.74, 6) is 0.555. The Labute approximate surface area is 123 Å². The largest absolute Gasteiger partial charge is 0.490 e. The highest BCUT2D eigenvalue weighted by Crippen LogP contribution is 2.19. The van der Waals surface area contributed by atoms with Crippen molar-refractivity contribution >= 4 is 5.69 Å². The van der Waals surface area contributed by atoms with Crippen LogP contribution in [-0.4, -0.2) is 37.3 Å². The van der Waals surface area contributed by atoms with Crippen LogP contribution >= 0.6 is 0 Å². The Morgan fingerprint density at radius 2 is 2.14 bits per heavy atom. The van der Waals surface area contributed by atoms with Crippen LogP contribution in [0.15, 0.2) is 48.8 Å². The van der Waals surface area contributed by atoms with E-state index in [0.29, 0.717) is 6.61 Å². The smallest absolute Gasteiger partial charge is 0.137 e. The molecule has 1 fully saturated rings. The summed E-state index contributed by atoms with van der Waals surface area (Å²) in [5, 5.41) is 3.37. The van der Waals surface area contributed by atoms with Crippen LogP contribution in [0, 0.1) is 5.82 Å². The monoisotopic (exact) mass is 287 g/mol. The predicted octanol–water partition coefficient (Wildman–Crippen LogP) is 2.08. The van der Waals surface area contributed by atoms with E-state index in [-0.39, 0.29) is 11.9 Å². The van der Waals surface area contributed by atoms with Crippen LogP contribution in [-0.2, 0) is 0 Å². The van der Waals surface area contributed by atoms with E-state index in [1.54, 1.807) is 12.4 Å². The van der Waals surface area contributed by atoms with Gasteiger partial charge in [0, 0.05) is 31.5 Å². The zero-order valence-corrected chi connectivity index (χ0v) is 11.7. The molecule has 1 aromatic heterocycles. The van der Waals surface area contributed by atoms with Gasteiger partial charge in [-0.2, -0.15) is 0 Å². The van der Waals surface area contributed by atoms with Crippen LogP contribution in [0.4, 0.5) is 10.1 Å². The lowest BCUT2D eigenvalue weighted by Crippen LogP contribution is -2.54. The van der Waals surface area contributed by atoms with E-state index in [4.69, 9.17) is 4.74 Å². The normalized spacial score (nSPS) is 18.5. The molecule has 1 unspecified atom stereocenters. The molecule has 1 aromatic carbocycles. The van der Waals surface area contributed by atoms with Gasteiger partial charge < -0.3 is 15.0 Å². The summed E-state index contributed by atoms with van der Waals surface area (Å²) in [5.41, 5.74) is 1.03. The van der Waals surface area contributed by atoms with Gasteiger partial charge in [-0.05, 0) is 36.4 Å². The fraction of sp³-hybridized carbons (Fsp3) is 0.312. The molecule has 110 valence electrons. The molecule has 0 saturated carbocycles. The minimum absolute atomic E-state index is 0.211. The van der Waals surface area contributed by atoms with Crippen molar-refractivity contribution in [3.05, 3.63) is 54.6 Å². The van der Waals surface area contributed by atoms with Crippen molar-refractivity contribution in [2.24, 2.45) is 0 Å². The maximum Gasteiger partial charge on any atom is 0.137 e. The van der Waals surface area contributed by atoms with Gasteiger partial charge in [0.1, 0.15) is 18.2 Å². The van der Waals surface area contributed by atoms with E-state index in [1.165, 1.54) is 12.1 Å². The number of aromatic nitrogens is 1. The maximum atomic E-state index is 13.1.